The van der Waals surface area contributed by atoms with E-state index in [-0.39, 0.29) is 17.9 Å². The highest BCUT2D eigenvalue weighted by atomic mass is 16.2. The van der Waals surface area contributed by atoms with E-state index in [0.29, 0.717) is 19.4 Å². The molecule has 0 fully saturated rings. The average Bonchev–Trinajstić information content (AvgIpc) is 2.71. The Balaban J connectivity index is 2.32. The summed E-state index contributed by atoms with van der Waals surface area (Å²) in [5.74, 6) is -0.106. The number of hydrogen-bond donors (Lipinski definition) is 1. The van der Waals surface area contributed by atoms with E-state index in [9.17, 15) is 9.59 Å². The van der Waals surface area contributed by atoms with Crippen molar-refractivity contribution in [3.63, 3.8) is 0 Å². The summed E-state index contributed by atoms with van der Waals surface area (Å²) < 4.78 is 0. The maximum atomic E-state index is 13.1. The van der Waals surface area contributed by atoms with E-state index in [0.717, 1.165) is 17.5 Å². The molecule has 2 atom stereocenters. The van der Waals surface area contributed by atoms with Crippen molar-refractivity contribution in [2.75, 3.05) is 0 Å². The fourth-order valence-electron chi connectivity index (χ4n) is 2.98. The van der Waals surface area contributed by atoms with E-state index in [1.54, 1.807) is 4.90 Å². The minimum atomic E-state index is -0.533. The van der Waals surface area contributed by atoms with E-state index >= 15 is 0 Å². The Morgan fingerprint density at radius 2 is 1.48 bits per heavy atom. The molecule has 27 heavy (non-hydrogen) atoms. The Labute approximate surface area is 162 Å². The number of carbonyl (C=O) groups excluding carboxylic acids is 2. The maximum Gasteiger partial charge on any atom is 0.243 e. The van der Waals surface area contributed by atoms with Crippen LogP contribution in [0.1, 0.15) is 44.7 Å². The first-order valence-corrected chi connectivity index (χ1v) is 9.72. The molecular formula is C23H30N2O2. The molecule has 2 rings (SSSR count). The van der Waals surface area contributed by atoms with Gasteiger partial charge in [0, 0.05) is 25.4 Å². The fraction of sp³-hybridized carbons (Fsp3) is 0.391. The highest BCUT2D eigenvalue weighted by molar-refractivity contribution is 5.88. The summed E-state index contributed by atoms with van der Waals surface area (Å²) in [4.78, 5) is 27.5. The van der Waals surface area contributed by atoms with Crippen LogP contribution in [-0.4, -0.2) is 28.8 Å². The molecule has 1 N–H and O–H groups in total. The van der Waals surface area contributed by atoms with Gasteiger partial charge < -0.3 is 10.2 Å². The van der Waals surface area contributed by atoms with Crippen molar-refractivity contribution in [1.29, 1.82) is 0 Å². The molecule has 2 aromatic carbocycles. The largest absolute Gasteiger partial charge is 0.352 e. The number of nitrogens with one attached hydrogen (secondary N) is 1. The van der Waals surface area contributed by atoms with Gasteiger partial charge in [0.05, 0.1) is 0 Å². The Morgan fingerprint density at radius 1 is 0.926 bits per heavy atom. The third-order valence-electron chi connectivity index (χ3n) is 4.77. The van der Waals surface area contributed by atoms with Gasteiger partial charge in [-0.05, 0) is 24.5 Å². The molecule has 2 unspecified atom stereocenters. The van der Waals surface area contributed by atoms with Gasteiger partial charge in [-0.2, -0.15) is 0 Å². The van der Waals surface area contributed by atoms with E-state index < -0.39 is 6.04 Å². The minimum absolute atomic E-state index is 0.0147. The Hall–Kier alpha value is -2.62. The van der Waals surface area contributed by atoms with Crippen LogP contribution in [0.3, 0.4) is 0 Å². The molecular weight excluding hydrogens is 336 g/mol. The second kappa shape index (κ2) is 10.5. The van der Waals surface area contributed by atoms with Crippen LogP contribution in [0, 0.1) is 0 Å². The lowest BCUT2D eigenvalue weighted by Crippen LogP contribution is -2.52. The smallest absolute Gasteiger partial charge is 0.243 e. The second-order valence-corrected chi connectivity index (χ2v) is 6.88. The predicted octanol–water partition coefficient (Wildman–Crippen LogP) is 3.95. The quantitative estimate of drug-likeness (QED) is 0.730. The van der Waals surface area contributed by atoms with Gasteiger partial charge >= 0.3 is 0 Å². The number of hydrogen-bond acceptors (Lipinski definition) is 2. The molecule has 2 amide bonds. The van der Waals surface area contributed by atoms with Gasteiger partial charge in [0.15, 0.2) is 0 Å². The first-order chi connectivity index (χ1) is 13.0. The van der Waals surface area contributed by atoms with E-state index in [2.05, 4.69) is 5.32 Å². The lowest BCUT2D eigenvalue weighted by molar-refractivity contribution is -0.141. The lowest BCUT2D eigenvalue weighted by Gasteiger charge is -2.32. The van der Waals surface area contributed by atoms with Crippen molar-refractivity contribution in [1.82, 2.24) is 10.2 Å². The summed E-state index contributed by atoms with van der Waals surface area (Å²) in [6.45, 7) is 6.29. The van der Waals surface area contributed by atoms with Crippen molar-refractivity contribution in [3.05, 3.63) is 71.8 Å². The van der Waals surface area contributed by atoms with Gasteiger partial charge in [-0.15, -0.1) is 0 Å². The van der Waals surface area contributed by atoms with E-state index in [1.807, 2.05) is 81.4 Å². The third kappa shape index (κ3) is 6.24. The zero-order valence-corrected chi connectivity index (χ0v) is 16.5. The van der Waals surface area contributed by atoms with Crippen molar-refractivity contribution in [3.8, 4) is 0 Å². The molecule has 0 spiro atoms. The van der Waals surface area contributed by atoms with Gasteiger partial charge in [-0.3, -0.25) is 9.59 Å². The second-order valence-electron chi connectivity index (χ2n) is 6.88. The summed E-state index contributed by atoms with van der Waals surface area (Å²) in [7, 11) is 0. The molecule has 4 nitrogen and oxygen atoms in total. The molecule has 0 bridgehead atoms. The monoisotopic (exact) mass is 366 g/mol. The van der Waals surface area contributed by atoms with E-state index in [1.165, 1.54) is 0 Å². The summed E-state index contributed by atoms with van der Waals surface area (Å²) in [6.07, 6.45) is 1.72. The highest BCUT2D eigenvalue weighted by Crippen LogP contribution is 2.16. The topological polar surface area (TPSA) is 49.4 Å². The maximum absolute atomic E-state index is 13.1. The van der Waals surface area contributed by atoms with Crippen LogP contribution in [-0.2, 0) is 22.6 Å². The van der Waals surface area contributed by atoms with Crippen molar-refractivity contribution in [2.45, 2.75) is 58.7 Å². The van der Waals surface area contributed by atoms with Crippen LogP contribution >= 0.6 is 0 Å². The summed E-state index contributed by atoms with van der Waals surface area (Å²) in [5, 5.41) is 3.06. The number of nitrogens with zero attached hydrogens (tertiary/aromatic N) is 1. The first-order valence-electron chi connectivity index (χ1n) is 9.72. The molecule has 0 aliphatic heterocycles. The molecule has 0 radical (unpaired) electrons. The standard InChI is InChI=1S/C23H30N2O2/c1-4-18(3)24-23(27)21(16-19-12-8-6-9-13-19)25(22(26)5-2)17-20-14-10-7-11-15-20/h6-15,18,21H,4-5,16-17H2,1-3H3,(H,24,27). The molecule has 0 aliphatic carbocycles. The minimum Gasteiger partial charge on any atom is -0.352 e. The molecule has 4 heteroatoms. The SMILES string of the molecule is CCC(=O)N(Cc1ccccc1)C(Cc1ccccc1)C(=O)NC(C)CC. The number of amides is 2. The zero-order chi connectivity index (χ0) is 19.6. The number of carbonyl (C=O) groups is 2. The summed E-state index contributed by atoms with van der Waals surface area (Å²) >= 11 is 0. The van der Waals surface area contributed by atoms with Crippen LogP contribution in [0.25, 0.3) is 0 Å². The molecule has 2 aromatic rings. The number of rotatable bonds is 9. The van der Waals surface area contributed by atoms with Gasteiger partial charge in [0.25, 0.3) is 0 Å². The predicted molar refractivity (Wildman–Crippen MR) is 109 cm³/mol. The van der Waals surface area contributed by atoms with Crippen LogP contribution in [0.15, 0.2) is 60.7 Å². The highest BCUT2D eigenvalue weighted by Gasteiger charge is 2.30. The van der Waals surface area contributed by atoms with Crippen LogP contribution in [0.2, 0.25) is 0 Å². The summed E-state index contributed by atoms with van der Waals surface area (Å²) in [6, 6.07) is 19.3. The van der Waals surface area contributed by atoms with Crippen LogP contribution in [0.4, 0.5) is 0 Å². The van der Waals surface area contributed by atoms with Crippen LogP contribution < -0.4 is 5.32 Å². The van der Waals surface area contributed by atoms with Gasteiger partial charge in [-0.25, -0.2) is 0 Å². The Bertz CT molecular complexity index is 716. The Morgan fingerprint density at radius 3 is 2.00 bits per heavy atom. The molecule has 0 heterocycles. The Kier molecular flexibility index (Phi) is 8.05. The third-order valence-corrected chi connectivity index (χ3v) is 4.77. The van der Waals surface area contributed by atoms with Gasteiger partial charge in [-0.1, -0.05) is 74.5 Å². The zero-order valence-electron chi connectivity index (χ0n) is 16.5. The van der Waals surface area contributed by atoms with Crippen molar-refractivity contribution >= 4 is 11.8 Å². The van der Waals surface area contributed by atoms with Gasteiger partial charge in [0.1, 0.15) is 6.04 Å². The molecule has 0 aliphatic rings. The lowest BCUT2D eigenvalue weighted by atomic mass is 10.0. The fourth-order valence-corrected chi connectivity index (χ4v) is 2.98. The normalized spacial score (nSPS) is 12.9. The average molecular weight is 367 g/mol. The van der Waals surface area contributed by atoms with Crippen molar-refractivity contribution in [2.24, 2.45) is 0 Å². The van der Waals surface area contributed by atoms with E-state index in [4.69, 9.17) is 0 Å². The molecule has 0 saturated heterocycles. The first kappa shape index (κ1) is 20.7. The summed E-state index contributed by atoms with van der Waals surface area (Å²) in [5.41, 5.74) is 2.07. The molecule has 0 aromatic heterocycles. The molecule has 144 valence electrons. The van der Waals surface area contributed by atoms with Gasteiger partial charge in [0.2, 0.25) is 11.8 Å². The van der Waals surface area contributed by atoms with Crippen molar-refractivity contribution < 1.29 is 9.59 Å². The number of benzene rings is 2. The van der Waals surface area contributed by atoms with Crippen LogP contribution in [0.5, 0.6) is 0 Å². The molecule has 0 saturated carbocycles.